The molecule has 1 aromatic carbocycles. The number of nitrogens with one attached hydrogen (secondary N) is 1. The van der Waals surface area contributed by atoms with Crippen LogP contribution in [0.1, 0.15) is 24.9 Å². The second-order valence-electron chi connectivity index (χ2n) is 4.11. The summed E-state index contributed by atoms with van der Waals surface area (Å²) in [6, 6.07) is 8.27. The van der Waals surface area contributed by atoms with E-state index in [9.17, 15) is 0 Å². The molecule has 1 atom stereocenters. The van der Waals surface area contributed by atoms with Gasteiger partial charge in [0, 0.05) is 18.2 Å². The van der Waals surface area contributed by atoms with Gasteiger partial charge in [0.2, 0.25) is 0 Å². The van der Waals surface area contributed by atoms with E-state index in [-0.39, 0.29) is 12.6 Å². The first-order valence-corrected chi connectivity index (χ1v) is 6.34. The molecule has 0 saturated heterocycles. The van der Waals surface area contributed by atoms with Gasteiger partial charge in [-0.2, -0.15) is 0 Å². The fraction of sp³-hybridized carbons (Fsp3) is 0.571. The fourth-order valence-electron chi connectivity index (χ4n) is 1.79. The predicted octanol–water partition coefficient (Wildman–Crippen LogP) is 1.74. The fourth-order valence-corrected chi connectivity index (χ4v) is 1.79. The summed E-state index contributed by atoms with van der Waals surface area (Å²) >= 11 is 0. The molecule has 1 aromatic rings. The van der Waals surface area contributed by atoms with Crippen molar-refractivity contribution in [3.05, 3.63) is 29.8 Å². The maximum absolute atomic E-state index is 8.56. The number of aliphatic hydroxyl groups is 1. The maximum atomic E-state index is 8.56. The summed E-state index contributed by atoms with van der Waals surface area (Å²) in [7, 11) is 1.69. The van der Waals surface area contributed by atoms with Gasteiger partial charge in [0.15, 0.2) is 0 Å². The molecule has 0 aromatic heterocycles. The van der Waals surface area contributed by atoms with Gasteiger partial charge in [-0.15, -0.1) is 0 Å². The van der Waals surface area contributed by atoms with Crippen molar-refractivity contribution < 1.29 is 14.6 Å². The number of hydrogen-bond acceptors (Lipinski definition) is 4. The molecule has 2 N–H and O–H groups in total. The molecule has 4 heteroatoms. The molecule has 0 bridgehead atoms. The summed E-state index contributed by atoms with van der Waals surface area (Å²) in [5.41, 5.74) is 1.16. The molecule has 18 heavy (non-hydrogen) atoms. The second-order valence-corrected chi connectivity index (χ2v) is 4.11. The molecule has 0 heterocycles. The van der Waals surface area contributed by atoms with Crippen molar-refractivity contribution in [2.45, 2.75) is 19.4 Å². The zero-order valence-electron chi connectivity index (χ0n) is 11.2. The van der Waals surface area contributed by atoms with E-state index in [1.54, 1.807) is 7.11 Å². The van der Waals surface area contributed by atoms with E-state index in [1.165, 1.54) is 0 Å². The number of aliphatic hydroxyl groups excluding tert-OH is 1. The SMILES string of the molecule is COc1ccccc1C(C)NCCCOCCO. The minimum atomic E-state index is 0.0883. The first-order valence-electron chi connectivity index (χ1n) is 6.34. The molecule has 1 unspecified atom stereocenters. The van der Waals surface area contributed by atoms with Crippen LogP contribution < -0.4 is 10.1 Å². The van der Waals surface area contributed by atoms with Crippen LogP contribution in [0.3, 0.4) is 0 Å². The van der Waals surface area contributed by atoms with Crippen molar-refractivity contribution >= 4 is 0 Å². The number of hydrogen-bond donors (Lipinski definition) is 2. The molecular formula is C14H23NO3. The summed E-state index contributed by atoms with van der Waals surface area (Å²) < 4.78 is 10.5. The lowest BCUT2D eigenvalue weighted by molar-refractivity contribution is 0.0904. The van der Waals surface area contributed by atoms with Crippen LogP contribution in [0.4, 0.5) is 0 Å². The van der Waals surface area contributed by atoms with E-state index in [2.05, 4.69) is 18.3 Å². The Balaban J connectivity index is 2.29. The highest BCUT2D eigenvalue weighted by Crippen LogP contribution is 2.23. The molecule has 0 aliphatic rings. The Morgan fingerprint density at radius 2 is 2.06 bits per heavy atom. The zero-order valence-corrected chi connectivity index (χ0v) is 11.2. The van der Waals surface area contributed by atoms with Crippen molar-refractivity contribution in [1.82, 2.24) is 5.32 Å². The summed E-state index contributed by atoms with van der Waals surface area (Å²) in [6.45, 7) is 4.18. The number of benzene rings is 1. The average Bonchev–Trinajstić information content (AvgIpc) is 2.42. The Kier molecular flexibility index (Phi) is 7.41. The van der Waals surface area contributed by atoms with Gasteiger partial charge < -0.3 is 19.9 Å². The molecule has 4 nitrogen and oxygen atoms in total. The second kappa shape index (κ2) is 8.91. The molecular weight excluding hydrogens is 230 g/mol. The van der Waals surface area contributed by atoms with Gasteiger partial charge >= 0.3 is 0 Å². The lowest BCUT2D eigenvalue weighted by Crippen LogP contribution is -2.21. The van der Waals surface area contributed by atoms with Gasteiger partial charge in [-0.05, 0) is 26.0 Å². The topological polar surface area (TPSA) is 50.7 Å². The van der Waals surface area contributed by atoms with Crippen LogP contribution in [0.5, 0.6) is 5.75 Å². The first-order chi connectivity index (χ1) is 8.79. The maximum Gasteiger partial charge on any atom is 0.123 e. The number of para-hydroxylation sites is 1. The van der Waals surface area contributed by atoms with Crippen molar-refractivity contribution in [3.63, 3.8) is 0 Å². The lowest BCUT2D eigenvalue weighted by atomic mass is 10.1. The van der Waals surface area contributed by atoms with E-state index in [1.807, 2.05) is 18.2 Å². The lowest BCUT2D eigenvalue weighted by Gasteiger charge is -2.17. The Morgan fingerprint density at radius 3 is 2.78 bits per heavy atom. The summed E-state index contributed by atoms with van der Waals surface area (Å²) in [5, 5.41) is 12.0. The third-order valence-corrected chi connectivity index (χ3v) is 2.76. The van der Waals surface area contributed by atoms with Gasteiger partial charge in [0.25, 0.3) is 0 Å². The molecule has 0 amide bonds. The Morgan fingerprint density at radius 1 is 1.28 bits per heavy atom. The summed E-state index contributed by atoms with van der Waals surface area (Å²) in [5.74, 6) is 0.911. The normalized spacial score (nSPS) is 12.4. The molecule has 0 aliphatic heterocycles. The molecule has 1 rings (SSSR count). The molecule has 0 fully saturated rings. The summed E-state index contributed by atoms with van der Waals surface area (Å²) in [4.78, 5) is 0. The number of rotatable bonds is 9. The van der Waals surface area contributed by atoms with Crippen molar-refractivity contribution in [1.29, 1.82) is 0 Å². The Bertz CT molecular complexity index is 331. The largest absolute Gasteiger partial charge is 0.496 e. The van der Waals surface area contributed by atoms with Crippen molar-refractivity contribution in [2.75, 3.05) is 33.5 Å². The standard InChI is InChI=1S/C14H23NO3/c1-12(15-8-5-10-18-11-9-16)13-6-3-4-7-14(13)17-2/h3-4,6-7,12,15-16H,5,8-11H2,1-2H3. The quantitative estimate of drug-likeness (QED) is 0.658. The number of methoxy groups -OCH3 is 1. The highest BCUT2D eigenvalue weighted by atomic mass is 16.5. The molecule has 0 spiro atoms. The van der Waals surface area contributed by atoms with Crippen LogP contribution in [0.25, 0.3) is 0 Å². The van der Waals surface area contributed by atoms with Gasteiger partial charge in [-0.3, -0.25) is 0 Å². The van der Waals surface area contributed by atoms with E-state index in [0.717, 1.165) is 24.3 Å². The predicted molar refractivity (Wildman–Crippen MR) is 71.9 cm³/mol. The van der Waals surface area contributed by atoms with Crippen LogP contribution in [-0.2, 0) is 4.74 Å². The zero-order chi connectivity index (χ0) is 13.2. The minimum absolute atomic E-state index is 0.0883. The first kappa shape index (κ1) is 15.0. The van der Waals surface area contributed by atoms with Crippen LogP contribution in [0.2, 0.25) is 0 Å². The van der Waals surface area contributed by atoms with Crippen molar-refractivity contribution in [3.8, 4) is 5.75 Å². The van der Waals surface area contributed by atoms with Crippen LogP contribution in [0, 0.1) is 0 Å². The van der Waals surface area contributed by atoms with E-state index >= 15 is 0 Å². The average molecular weight is 253 g/mol. The molecule has 0 radical (unpaired) electrons. The van der Waals surface area contributed by atoms with Gasteiger partial charge in [-0.1, -0.05) is 18.2 Å². The highest BCUT2D eigenvalue weighted by molar-refractivity contribution is 5.35. The molecule has 0 saturated carbocycles. The molecule has 0 aliphatic carbocycles. The van der Waals surface area contributed by atoms with Crippen LogP contribution in [-0.4, -0.2) is 38.6 Å². The number of ether oxygens (including phenoxy) is 2. The summed E-state index contributed by atoms with van der Waals surface area (Å²) in [6.07, 6.45) is 0.930. The molecule has 102 valence electrons. The van der Waals surface area contributed by atoms with Gasteiger partial charge in [-0.25, -0.2) is 0 Å². The minimum Gasteiger partial charge on any atom is -0.496 e. The third kappa shape index (κ3) is 5.04. The van der Waals surface area contributed by atoms with Crippen LogP contribution in [0.15, 0.2) is 24.3 Å². The Hall–Kier alpha value is -1.10. The van der Waals surface area contributed by atoms with E-state index < -0.39 is 0 Å². The van der Waals surface area contributed by atoms with Gasteiger partial charge in [0.05, 0.1) is 20.3 Å². The smallest absolute Gasteiger partial charge is 0.123 e. The Labute approximate surface area is 109 Å². The van der Waals surface area contributed by atoms with Gasteiger partial charge in [0.1, 0.15) is 5.75 Å². The van der Waals surface area contributed by atoms with Crippen LogP contribution >= 0.6 is 0 Å². The van der Waals surface area contributed by atoms with E-state index in [4.69, 9.17) is 14.6 Å². The van der Waals surface area contributed by atoms with Crippen molar-refractivity contribution in [2.24, 2.45) is 0 Å². The third-order valence-electron chi connectivity index (χ3n) is 2.76. The highest BCUT2D eigenvalue weighted by Gasteiger charge is 2.09. The monoisotopic (exact) mass is 253 g/mol. The van der Waals surface area contributed by atoms with E-state index in [0.29, 0.717) is 13.2 Å².